The van der Waals surface area contributed by atoms with Gasteiger partial charge in [-0.2, -0.15) is 11.8 Å². The van der Waals surface area contributed by atoms with Crippen molar-refractivity contribution in [3.63, 3.8) is 0 Å². The number of benzene rings is 1. The van der Waals surface area contributed by atoms with Gasteiger partial charge in [0.15, 0.2) is 11.7 Å². The average Bonchev–Trinajstić information content (AvgIpc) is 2.86. The van der Waals surface area contributed by atoms with Gasteiger partial charge in [-0.1, -0.05) is 17.7 Å². The molecule has 6 heteroatoms. The highest BCUT2D eigenvalue weighted by Crippen LogP contribution is 2.18. The van der Waals surface area contributed by atoms with Crippen LogP contribution in [0.5, 0.6) is 5.75 Å². The van der Waals surface area contributed by atoms with Gasteiger partial charge in [-0.15, -0.1) is 11.3 Å². The van der Waals surface area contributed by atoms with Gasteiger partial charge in [-0.25, -0.2) is 4.98 Å². The van der Waals surface area contributed by atoms with E-state index in [9.17, 15) is 4.79 Å². The van der Waals surface area contributed by atoms with Crippen LogP contribution in [0.15, 0.2) is 29.6 Å². The molecule has 106 valence electrons. The van der Waals surface area contributed by atoms with Crippen molar-refractivity contribution in [1.29, 1.82) is 0 Å². The summed E-state index contributed by atoms with van der Waals surface area (Å²) < 4.78 is 5.41. The van der Waals surface area contributed by atoms with Crippen molar-refractivity contribution in [3.05, 3.63) is 40.9 Å². The van der Waals surface area contributed by atoms with E-state index in [0.717, 1.165) is 17.0 Å². The number of aromatic nitrogens is 1. The number of carbonyl (C=O) groups excluding carboxylic acids is 1. The molecule has 0 bridgehead atoms. The van der Waals surface area contributed by atoms with Gasteiger partial charge in [-0.05, 0) is 25.3 Å². The Bertz CT molecular complexity index is 567. The van der Waals surface area contributed by atoms with Crippen LogP contribution in [0.25, 0.3) is 0 Å². The maximum Gasteiger partial charge on any atom is 0.264 e. The minimum absolute atomic E-state index is 0.0134. The molecule has 1 amide bonds. The van der Waals surface area contributed by atoms with Crippen LogP contribution in [0.3, 0.4) is 0 Å². The molecule has 0 atom stereocenters. The van der Waals surface area contributed by atoms with E-state index in [1.807, 2.05) is 42.8 Å². The lowest BCUT2D eigenvalue weighted by molar-refractivity contribution is -0.118. The number of carbonyl (C=O) groups is 1. The van der Waals surface area contributed by atoms with Crippen LogP contribution in [-0.2, 0) is 10.5 Å². The molecule has 1 N–H and O–H groups in total. The molecule has 0 fully saturated rings. The van der Waals surface area contributed by atoms with Crippen molar-refractivity contribution in [2.24, 2.45) is 0 Å². The first-order valence-electron chi connectivity index (χ1n) is 6.10. The van der Waals surface area contributed by atoms with Gasteiger partial charge in [0.2, 0.25) is 0 Å². The number of anilines is 1. The van der Waals surface area contributed by atoms with Crippen molar-refractivity contribution < 1.29 is 9.53 Å². The predicted molar refractivity (Wildman–Crippen MR) is 84.6 cm³/mol. The summed E-state index contributed by atoms with van der Waals surface area (Å²) in [6, 6.07) is 7.59. The van der Waals surface area contributed by atoms with Crippen LogP contribution in [0.2, 0.25) is 0 Å². The Labute approximate surface area is 126 Å². The summed E-state index contributed by atoms with van der Waals surface area (Å²) in [5, 5.41) is 5.31. The van der Waals surface area contributed by atoms with E-state index in [1.165, 1.54) is 11.3 Å². The van der Waals surface area contributed by atoms with Gasteiger partial charge in [0.25, 0.3) is 5.91 Å². The third-order valence-electron chi connectivity index (χ3n) is 2.48. The molecule has 1 aromatic carbocycles. The highest BCUT2D eigenvalue weighted by molar-refractivity contribution is 7.97. The quantitative estimate of drug-likeness (QED) is 0.889. The Balaban J connectivity index is 1.81. The first kappa shape index (κ1) is 14.9. The number of thioether (sulfide) groups is 1. The van der Waals surface area contributed by atoms with Crippen LogP contribution in [0.1, 0.15) is 11.3 Å². The molecule has 1 heterocycles. The maximum atomic E-state index is 11.7. The molecule has 0 aliphatic rings. The van der Waals surface area contributed by atoms with Gasteiger partial charge in [0.1, 0.15) is 5.75 Å². The number of nitrogens with one attached hydrogen (secondary N) is 1. The summed E-state index contributed by atoms with van der Waals surface area (Å²) in [4.78, 5) is 16.1. The van der Waals surface area contributed by atoms with E-state index < -0.39 is 0 Å². The predicted octanol–water partition coefficient (Wildman–Crippen LogP) is 3.33. The van der Waals surface area contributed by atoms with Crippen molar-refractivity contribution in [2.45, 2.75) is 12.7 Å². The van der Waals surface area contributed by atoms with E-state index in [-0.39, 0.29) is 12.5 Å². The second-order valence-electron chi connectivity index (χ2n) is 4.23. The van der Waals surface area contributed by atoms with E-state index in [0.29, 0.717) is 10.9 Å². The lowest BCUT2D eigenvalue weighted by atomic mass is 10.2. The molecule has 0 saturated heterocycles. The molecule has 4 nitrogen and oxygen atoms in total. The van der Waals surface area contributed by atoms with Crippen LogP contribution in [0.4, 0.5) is 5.13 Å². The normalized spacial score (nSPS) is 10.3. The molecule has 0 radical (unpaired) electrons. The molecule has 0 spiro atoms. The standard InChI is InChI=1S/C14H16N2O2S2/c1-10-3-5-12(6-4-10)18-7-13(17)16-14-15-11(8-19-2)9-20-14/h3-6,9H,7-8H2,1-2H3,(H,15,16,17). The van der Waals surface area contributed by atoms with Gasteiger partial charge < -0.3 is 4.74 Å². The van der Waals surface area contributed by atoms with Crippen molar-refractivity contribution in [1.82, 2.24) is 4.98 Å². The second kappa shape index (κ2) is 7.31. The molecule has 0 aliphatic heterocycles. The first-order chi connectivity index (χ1) is 9.67. The van der Waals surface area contributed by atoms with E-state index >= 15 is 0 Å². The molecule has 2 aromatic rings. The van der Waals surface area contributed by atoms with Gasteiger partial charge >= 0.3 is 0 Å². The van der Waals surface area contributed by atoms with E-state index in [1.54, 1.807) is 11.8 Å². The van der Waals surface area contributed by atoms with Crippen LogP contribution in [0, 0.1) is 6.92 Å². The fraction of sp³-hybridized carbons (Fsp3) is 0.286. The SMILES string of the molecule is CSCc1csc(NC(=O)COc2ccc(C)cc2)n1. The third kappa shape index (κ3) is 4.54. The van der Waals surface area contributed by atoms with Crippen molar-refractivity contribution in [2.75, 3.05) is 18.2 Å². The zero-order valence-electron chi connectivity index (χ0n) is 11.4. The number of amides is 1. The molecule has 20 heavy (non-hydrogen) atoms. The Kier molecular flexibility index (Phi) is 5.43. The second-order valence-corrected chi connectivity index (χ2v) is 5.95. The fourth-order valence-corrected chi connectivity index (χ4v) is 2.79. The molecule has 0 aliphatic carbocycles. The number of rotatable bonds is 6. The number of hydrogen-bond donors (Lipinski definition) is 1. The van der Waals surface area contributed by atoms with Crippen LogP contribution < -0.4 is 10.1 Å². The largest absolute Gasteiger partial charge is 0.484 e. The molecular weight excluding hydrogens is 292 g/mol. The minimum atomic E-state index is -0.198. The monoisotopic (exact) mass is 308 g/mol. The average molecular weight is 308 g/mol. The molecule has 0 unspecified atom stereocenters. The van der Waals surface area contributed by atoms with Crippen LogP contribution in [-0.4, -0.2) is 23.8 Å². The highest BCUT2D eigenvalue weighted by Gasteiger charge is 2.07. The Morgan fingerprint density at radius 1 is 1.40 bits per heavy atom. The number of thiazole rings is 1. The van der Waals surface area contributed by atoms with Gasteiger partial charge in [-0.3, -0.25) is 10.1 Å². The molecule has 2 rings (SSSR count). The summed E-state index contributed by atoms with van der Waals surface area (Å²) in [6.45, 7) is 1.99. The van der Waals surface area contributed by atoms with Crippen LogP contribution >= 0.6 is 23.1 Å². The minimum Gasteiger partial charge on any atom is -0.484 e. The topological polar surface area (TPSA) is 51.2 Å². The molecule has 1 aromatic heterocycles. The zero-order valence-corrected chi connectivity index (χ0v) is 13.0. The zero-order chi connectivity index (χ0) is 14.4. The Hall–Kier alpha value is -1.53. The smallest absolute Gasteiger partial charge is 0.264 e. The lowest BCUT2D eigenvalue weighted by Crippen LogP contribution is -2.20. The number of aryl methyl sites for hydroxylation is 1. The summed E-state index contributed by atoms with van der Waals surface area (Å²) in [6.07, 6.45) is 2.02. The highest BCUT2D eigenvalue weighted by atomic mass is 32.2. The fourth-order valence-electron chi connectivity index (χ4n) is 1.52. The van der Waals surface area contributed by atoms with E-state index in [4.69, 9.17) is 4.74 Å². The maximum absolute atomic E-state index is 11.7. The van der Waals surface area contributed by atoms with Gasteiger partial charge in [0.05, 0.1) is 5.69 Å². The lowest BCUT2D eigenvalue weighted by Gasteiger charge is -2.05. The first-order valence-corrected chi connectivity index (χ1v) is 8.37. The Morgan fingerprint density at radius 2 is 2.15 bits per heavy atom. The summed E-state index contributed by atoms with van der Waals surface area (Å²) >= 11 is 3.13. The Morgan fingerprint density at radius 3 is 2.85 bits per heavy atom. The van der Waals surface area contributed by atoms with Crippen molar-refractivity contribution in [3.8, 4) is 5.75 Å². The number of hydrogen-bond acceptors (Lipinski definition) is 5. The summed E-state index contributed by atoms with van der Waals surface area (Å²) in [7, 11) is 0. The molecule has 0 saturated carbocycles. The summed E-state index contributed by atoms with van der Waals surface area (Å²) in [5.74, 6) is 1.34. The third-order valence-corrected chi connectivity index (χ3v) is 3.87. The van der Waals surface area contributed by atoms with Crippen molar-refractivity contribution >= 4 is 34.1 Å². The number of nitrogens with zero attached hydrogens (tertiary/aromatic N) is 1. The summed E-state index contributed by atoms with van der Waals surface area (Å²) in [5.41, 5.74) is 2.14. The van der Waals surface area contributed by atoms with E-state index in [2.05, 4.69) is 10.3 Å². The molecular formula is C14H16N2O2S2. The number of ether oxygens (including phenoxy) is 1. The van der Waals surface area contributed by atoms with Gasteiger partial charge in [0, 0.05) is 11.1 Å².